The van der Waals surface area contributed by atoms with Gasteiger partial charge in [0.25, 0.3) is 0 Å². The van der Waals surface area contributed by atoms with Crippen LogP contribution in [0.25, 0.3) is 0 Å². The Kier molecular flexibility index (Phi) is 6.05. The second-order valence-corrected chi connectivity index (χ2v) is 5.69. The Bertz CT molecular complexity index is 437. The molecule has 1 N–H and O–H groups in total. The second-order valence-electron chi connectivity index (χ2n) is 5.69. The van der Waals surface area contributed by atoms with Crippen molar-refractivity contribution in [3.8, 4) is 5.75 Å². The van der Waals surface area contributed by atoms with E-state index in [0.717, 1.165) is 24.4 Å². The molecule has 1 aromatic rings. The summed E-state index contributed by atoms with van der Waals surface area (Å²) < 4.78 is 5.13. The number of carbonyl (C=O) groups excluding carboxylic acids is 1. The molecule has 1 fully saturated rings. The number of amides is 1. The van der Waals surface area contributed by atoms with Crippen LogP contribution in [0.3, 0.4) is 0 Å². The Morgan fingerprint density at radius 2 is 1.81 bits per heavy atom. The molecule has 1 saturated heterocycles. The van der Waals surface area contributed by atoms with Crippen LogP contribution in [0, 0.1) is 0 Å². The minimum Gasteiger partial charge on any atom is -0.497 e. The molecule has 0 spiro atoms. The standard InChI is InChI=1S/C17H26N2O2/c1-14(19-11-5-3-4-6-12-19)17(20)18-13-15-7-9-16(21-2)10-8-15/h7-10,14H,3-6,11-13H2,1-2H3,(H,18,20). The van der Waals surface area contributed by atoms with Crippen LogP contribution < -0.4 is 10.1 Å². The number of benzene rings is 1. The van der Waals surface area contributed by atoms with Gasteiger partial charge in [-0.3, -0.25) is 9.69 Å². The monoisotopic (exact) mass is 290 g/mol. The van der Waals surface area contributed by atoms with Gasteiger partial charge in [0.1, 0.15) is 5.75 Å². The van der Waals surface area contributed by atoms with Crippen LogP contribution in [0.15, 0.2) is 24.3 Å². The van der Waals surface area contributed by atoms with Gasteiger partial charge in [-0.05, 0) is 50.6 Å². The summed E-state index contributed by atoms with van der Waals surface area (Å²) >= 11 is 0. The van der Waals surface area contributed by atoms with Crippen LogP contribution in [-0.2, 0) is 11.3 Å². The summed E-state index contributed by atoms with van der Waals surface area (Å²) in [5.41, 5.74) is 1.09. The van der Waals surface area contributed by atoms with Gasteiger partial charge in [-0.1, -0.05) is 25.0 Å². The first-order valence-corrected chi connectivity index (χ1v) is 7.85. The quantitative estimate of drug-likeness (QED) is 0.906. The number of carbonyl (C=O) groups is 1. The maximum absolute atomic E-state index is 12.3. The van der Waals surface area contributed by atoms with E-state index in [-0.39, 0.29) is 11.9 Å². The van der Waals surface area contributed by atoms with E-state index in [1.807, 2.05) is 31.2 Å². The van der Waals surface area contributed by atoms with Gasteiger partial charge in [-0.15, -0.1) is 0 Å². The number of ether oxygens (including phenoxy) is 1. The Labute approximate surface area is 127 Å². The summed E-state index contributed by atoms with van der Waals surface area (Å²) in [7, 11) is 1.65. The maximum atomic E-state index is 12.3. The largest absolute Gasteiger partial charge is 0.497 e. The molecule has 1 aromatic carbocycles. The lowest BCUT2D eigenvalue weighted by Crippen LogP contribution is -2.45. The third-order valence-corrected chi connectivity index (χ3v) is 4.19. The molecule has 1 atom stereocenters. The molecule has 4 heteroatoms. The highest BCUT2D eigenvalue weighted by Gasteiger charge is 2.21. The van der Waals surface area contributed by atoms with E-state index in [1.165, 1.54) is 25.7 Å². The van der Waals surface area contributed by atoms with Crippen molar-refractivity contribution >= 4 is 5.91 Å². The van der Waals surface area contributed by atoms with Crippen molar-refractivity contribution in [2.75, 3.05) is 20.2 Å². The zero-order chi connectivity index (χ0) is 15.1. The van der Waals surface area contributed by atoms with E-state index in [4.69, 9.17) is 4.74 Å². The molecule has 1 amide bonds. The molecular formula is C17H26N2O2. The molecular weight excluding hydrogens is 264 g/mol. The Balaban J connectivity index is 1.82. The molecule has 1 aliphatic rings. The maximum Gasteiger partial charge on any atom is 0.237 e. The summed E-state index contributed by atoms with van der Waals surface area (Å²) in [5, 5.41) is 3.03. The highest BCUT2D eigenvalue weighted by Crippen LogP contribution is 2.13. The van der Waals surface area contributed by atoms with E-state index < -0.39 is 0 Å². The number of nitrogens with one attached hydrogen (secondary N) is 1. The lowest BCUT2D eigenvalue weighted by molar-refractivity contribution is -0.126. The van der Waals surface area contributed by atoms with Crippen molar-refractivity contribution in [2.45, 2.75) is 45.2 Å². The van der Waals surface area contributed by atoms with Crippen molar-refractivity contribution in [2.24, 2.45) is 0 Å². The average molecular weight is 290 g/mol. The average Bonchev–Trinajstić information content (AvgIpc) is 2.81. The predicted octanol–water partition coefficient (Wildman–Crippen LogP) is 2.58. The van der Waals surface area contributed by atoms with Crippen LogP contribution in [0.4, 0.5) is 0 Å². The summed E-state index contributed by atoms with van der Waals surface area (Å²) in [6.45, 7) is 4.66. The van der Waals surface area contributed by atoms with Gasteiger partial charge in [-0.25, -0.2) is 0 Å². The molecule has 2 rings (SSSR count). The Morgan fingerprint density at radius 1 is 1.19 bits per heavy atom. The number of methoxy groups -OCH3 is 1. The van der Waals surface area contributed by atoms with Crippen LogP contribution >= 0.6 is 0 Å². The molecule has 0 aromatic heterocycles. The van der Waals surface area contributed by atoms with Gasteiger partial charge < -0.3 is 10.1 Å². The van der Waals surface area contributed by atoms with E-state index >= 15 is 0 Å². The molecule has 0 saturated carbocycles. The Hall–Kier alpha value is -1.55. The van der Waals surface area contributed by atoms with Crippen LogP contribution in [0.1, 0.15) is 38.2 Å². The van der Waals surface area contributed by atoms with Gasteiger partial charge in [0.15, 0.2) is 0 Å². The summed E-state index contributed by atoms with van der Waals surface area (Å²) in [6.07, 6.45) is 4.99. The molecule has 0 radical (unpaired) electrons. The van der Waals surface area contributed by atoms with Gasteiger partial charge in [0, 0.05) is 6.54 Å². The topological polar surface area (TPSA) is 41.6 Å². The minimum atomic E-state index is -0.0404. The third kappa shape index (κ3) is 4.74. The number of hydrogen-bond acceptors (Lipinski definition) is 3. The SMILES string of the molecule is COc1ccc(CNC(=O)C(C)N2CCCCCC2)cc1. The number of nitrogens with zero attached hydrogens (tertiary/aromatic N) is 1. The van der Waals surface area contributed by atoms with Crippen LogP contribution in [0.5, 0.6) is 5.75 Å². The summed E-state index contributed by atoms with van der Waals surface area (Å²) in [5.74, 6) is 0.954. The second kappa shape index (κ2) is 8.03. The first kappa shape index (κ1) is 15.8. The fourth-order valence-corrected chi connectivity index (χ4v) is 2.73. The number of rotatable bonds is 5. The number of hydrogen-bond donors (Lipinski definition) is 1. The molecule has 21 heavy (non-hydrogen) atoms. The van der Waals surface area contributed by atoms with E-state index in [0.29, 0.717) is 6.54 Å². The highest BCUT2D eigenvalue weighted by molar-refractivity contribution is 5.81. The van der Waals surface area contributed by atoms with E-state index in [2.05, 4.69) is 10.2 Å². The van der Waals surface area contributed by atoms with Gasteiger partial charge in [0.2, 0.25) is 5.91 Å². The van der Waals surface area contributed by atoms with Crippen molar-refractivity contribution in [1.29, 1.82) is 0 Å². The summed E-state index contributed by atoms with van der Waals surface area (Å²) in [4.78, 5) is 14.6. The zero-order valence-corrected chi connectivity index (χ0v) is 13.1. The molecule has 4 nitrogen and oxygen atoms in total. The molecule has 0 bridgehead atoms. The van der Waals surface area contributed by atoms with Crippen molar-refractivity contribution in [3.63, 3.8) is 0 Å². The van der Waals surface area contributed by atoms with Gasteiger partial charge in [-0.2, -0.15) is 0 Å². The molecule has 1 unspecified atom stereocenters. The van der Waals surface area contributed by atoms with Crippen LogP contribution in [0.2, 0.25) is 0 Å². The van der Waals surface area contributed by atoms with Crippen LogP contribution in [-0.4, -0.2) is 37.0 Å². The molecule has 1 heterocycles. The third-order valence-electron chi connectivity index (χ3n) is 4.19. The van der Waals surface area contributed by atoms with E-state index in [9.17, 15) is 4.79 Å². The molecule has 116 valence electrons. The first-order chi connectivity index (χ1) is 10.2. The van der Waals surface area contributed by atoms with Gasteiger partial charge in [0.05, 0.1) is 13.2 Å². The van der Waals surface area contributed by atoms with Crippen molar-refractivity contribution in [3.05, 3.63) is 29.8 Å². The Morgan fingerprint density at radius 3 is 2.38 bits per heavy atom. The van der Waals surface area contributed by atoms with Crippen molar-refractivity contribution < 1.29 is 9.53 Å². The number of likely N-dealkylation sites (tertiary alicyclic amines) is 1. The lowest BCUT2D eigenvalue weighted by Gasteiger charge is -2.26. The molecule has 1 aliphatic heterocycles. The van der Waals surface area contributed by atoms with E-state index in [1.54, 1.807) is 7.11 Å². The minimum absolute atomic E-state index is 0.0404. The summed E-state index contributed by atoms with van der Waals surface area (Å²) in [6, 6.07) is 7.76. The zero-order valence-electron chi connectivity index (χ0n) is 13.1. The fraction of sp³-hybridized carbons (Fsp3) is 0.588. The molecule has 0 aliphatic carbocycles. The van der Waals surface area contributed by atoms with Crippen molar-refractivity contribution in [1.82, 2.24) is 10.2 Å². The lowest BCUT2D eigenvalue weighted by atomic mass is 10.2. The van der Waals surface area contributed by atoms with Gasteiger partial charge >= 0.3 is 0 Å². The fourth-order valence-electron chi connectivity index (χ4n) is 2.73. The predicted molar refractivity (Wildman–Crippen MR) is 84.3 cm³/mol. The first-order valence-electron chi connectivity index (χ1n) is 7.85. The highest BCUT2D eigenvalue weighted by atomic mass is 16.5. The smallest absolute Gasteiger partial charge is 0.237 e. The normalized spacial score (nSPS) is 17.8.